The van der Waals surface area contributed by atoms with Crippen LogP contribution in [0.1, 0.15) is 0 Å². The van der Waals surface area contributed by atoms with Crippen LogP contribution in [0.4, 0.5) is 11.4 Å². The highest BCUT2D eigenvalue weighted by molar-refractivity contribution is 7.90. The Balaban J connectivity index is 1.83. The molecule has 0 atom stereocenters. The number of non-ortho nitro benzene ring substituents is 1. The van der Waals surface area contributed by atoms with Gasteiger partial charge in [-0.1, -0.05) is 24.3 Å². The summed E-state index contributed by atoms with van der Waals surface area (Å²) in [6, 6.07) is 16.9. The van der Waals surface area contributed by atoms with E-state index in [9.17, 15) is 23.3 Å². The molecule has 1 amide bonds. The van der Waals surface area contributed by atoms with Crippen molar-refractivity contribution in [3.05, 3.63) is 76.8 Å². The second-order valence-electron chi connectivity index (χ2n) is 6.77. The molecule has 3 aromatic rings. The van der Waals surface area contributed by atoms with Gasteiger partial charge >= 0.3 is 0 Å². The van der Waals surface area contributed by atoms with Crippen molar-refractivity contribution in [2.75, 3.05) is 25.3 Å². The maximum Gasteiger partial charge on any atom is 0.270 e. The van der Waals surface area contributed by atoms with Crippen LogP contribution < -0.4 is 14.8 Å². The van der Waals surface area contributed by atoms with Crippen LogP contribution in [0.15, 0.2) is 71.6 Å². The number of nitro groups is 1. The lowest BCUT2D eigenvalue weighted by atomic mass is 10.0. The van der Waals surface area contributed by atoms with E-state index >= 15 is 0 Å². The molecule has 0 radical (unpaired) electrons. The third kappa shape index (κ3) is 5.41. The number of carbonyl (C=O) groups excluding carboxylic acids is 1. The van der Waals surface area contributed by atoms with Gasteiger partial charge in [0.05, 0.1) is 22.6 Å². The fourth-order valence-corrected chi connectivity index (χ4v) is 3.82. The van der Waals surface area contributed by atoms with Gasteiger partial charge in [0, 0.05) is 24.0 Å². The summed E-state index contributed by atoms with van der Waals surface area (Å²) in [6.07, 6.45) is 1.05. The molecule has 9 nitrogen and oxygen atoms in total. The summed E-state index contributed by atoms with van der Waals surface area (Å²) < 4.78 is 34.6. The fourth-order valence-electron chi connectivity index (χ4n) is 2.98. The predicted molar refractivity (Wildman–Crippen MR) is 119 cm³/mol. The van der Waals surface area contributed by atoms with Gasteiger partial charge in [-0.3, -0.25) is 14.9 Å². The topological polar surface area (TPSA) is 125 Å². The van der Waals surface area contributed by atoms with Crippen molar-refractivity contribution < 1.29 is 27.6 Å². The number of amides is 1. The second kappa shape index (κ2) is 9.48. The number of hydrogen-bond acceptors (Lipinski definition) is 7. The summed E-state index contributed by atoms with van der Waals surface area (Å²) in [5.74, 6) is 0.290. The Hall–Kier alpha value is -3.92. The van der Waals surface area contributed by atoms with Crippen LogP contribution in [0, 0.1) is 10.1 Å². The molecule has 3 aromatic carbocycles. The minimum Gasteiger partial charge on any atom is -0.497 e. The fraction of sp³-hybridized carbons (Fsp3) is 0.136. The smallest absolute Gasteiger partial charge is 0.270 e. The van der Waals surface area contributed by atoms with Gasteiger partial charge in [-0.15, -0.1) is 0 Å². The largest absolute Gasteiger partial charge is 0.497 e. The maximum atomic E-state index is 12.4. The molecule has 0 bridgehead atoms. The molecule has 0 aliphatic rings. The lowest BCUT2D eigenvalue weighted by molar-refractivity contribution is -0.384. The number of anilines is 1. The highest BCUT2D eigenvalue weighted by Crippen LogP contribution is 2.34. The average molecular weight is 456 g/mol. The van der Waals surface area contributed by atoms with Gasteiger partial charge in [0.2, 0.25) is 0 Å². The number of ether oxygens (including phenoxy) is 2. The van der Waals surface area contributed by atoms with Crippen LogP contribution in [0.25, 0.3) is 11.1 Å². The Labute approximate surface area is 184 Å². The number of para-hydroxylation sites is 1. The summed E-state index contributed by atoms with van der Waals surface area (Å²) in [4.78, 5) is 23.1. The molecule has 0 fully saturated rings. The molecule has 0 aromatic heterocycles. The molecule has 0 aliphatic carbocycles. The number of rotatable bonds is 8. The highest BCUT2D eigenvalue weighted by Gasteiger charge is 2.17. The van der Waals surface area contributed by atoms with E-state index in [1.54, 1.807) is 36.4 Å². The van der Waals surface area contributed by atoms with Crippen molar-refractivity contribution in [3.63, 3.8) is 0 Å². The lowest BCUT2D eigenvalue weighted by Crippen LogP contribution is -2.21. The third-order valence-corrected chi connectivity index (χ3v) is 5.65. The first-order chi connectivity index (χ1) is 15.2. The number of nitrogens with zero attached hydrogens (tertiary/aromatic N) is 1. The van der Waals surface area contributed by atoms with Crippen molar-refractivity contribution in [2.45, 2.75) is 4.90 Å². The number of carbonyl (C=O) groups is 1. The SMILES string of the molecule is COc1ccc(-c2cc([N+](=O)[O-])ccc2OCC(=O)Nc2ccccc2S(C)(=O)=O)cc1. The molecule has 0 saturated heterocycles. The molecule has 0 heterocycles. The minimum absolute atomic E-state index is 0.0115. The third-order valence-electron chi connectivity index (χ3n) is 4.49. The molecule has 10 heteroatoms. The average Bonchev–Trinajstić information content (AvgIpc) is 2.77. The van der Waals surface area contributed by atoms with Gasteiger partial charge in [-0.25, -0.2) is 8.42 Å². The van der Waals surface area contributed by atoms with Crippen LogP contribution in [-0.4, -0.2) is 39.2 Å². The quantitative estimate of drug-likeness (QED) is 0.405. The molecule has 1 N–H and O–H groups in total. The molecule has 32 heavy (non-hydrogen) atoms. The molecule has 3 rings (SSSR count). The molecule has 0 spiro atoms. The summed E-state index contributed by atoms with van der Waals surface area (Å²) in [6.45, 7) is -0.431. The summed E-state index contributed by atoms with van der Waals surface area (Å²) in [5.41, 5.74) is 1.07. The van der Waals surface area contributed by atoms with Gasteiger partial charge in [-0.2, -0.15) is 0 Å². The van der Waals surface area contributed by atoms with Gasteiger partial charge in [0.1, 0.15) is 11.5 Å². The Morgan fingerprint density at radius 1 is 1.06 bits per heavy atom. The Bertz CT molecular complexity index is 1260. The monoisotopic (exact) mass is 456 g/mol. The molecule has 0 aliphatic heterocycles. The zero-order chi connectivity index (χ0) is 23.3. The summed E-state index contributed by atoms with van der Waals surface area (Å²) in [7, 11) is -2.01. The van der Waals surface area contributed by atoms with Crippen LogP contribution >= 0.6 is 0 Å². The first kappa shape index (κ1) is 22.8. The van der Waals surface area contributed by atoms with Gasteiger partial charge in [0.15, 0.2) is 16.4 Å². The van der Waals surface area contributed by atoms with Gasteiger partial charge in [-0.05, 0) is 35.9 Å². The van der Waals surface area contributed by atoms with Crippen LogP contribution in [0.2, 0.25) is 0 Å². The zero-order valence-electron chi connectivity index (χ0n) is 17.3. The van der Waals surface area contributed by atoms with Crippen molar-refractivity contribution in [3.8, 4) is 22.6 Å². The van der Waals surface area contributed by atoms with E-state index in [-0.39, 0.29) is 22.0 Å². The standard InChI is InChI=1S/C22H20N2O7S/c1-30-17-10-7-15(8-11-17)18-13-16(24(26)27)9-12-20(18)31-14-22(25)23-19-5-3-4-6-21(19)32(2,28)29/h3-13H,14H2,1-2H3,(H,23,25). The number of hydrogen-bond donors (Lipinski definition) is 1. The first-order valence-corrected chi connectivity index (χ1v) is 11.2. The number of sulfone groups is 1. The first-order valence-electron chi connectivity index (χ1n) is 9.33. The van der Waals surface area contributed by atoms with Crippen molar-refractivity contribution in [1.82, 2.24) is 0 Å². The molecule has 0 unspecified atom stereocenters. The number of nitro benzene ring substituents is 1. The lowest BCUT2D eigenvalue weighted by Gasteiger charge is -2.13. The van der Waals surface area contributed by atoms with Crippen LogP contribution in [-0.2, 0) is 14.6 Å². The summed E-state index contributed by atoms with van der Waals surface area (Å²) >= 11 is 0. The van der Waals surface area contributed by atoms with E-state index in [1.807, 2.05) is 0 Å². The number of benzene rings is 3. The summed E-state index contributed by atoms with van der Waals surface area (Å²) in [5, 5.41) is 13.7. The number of methoxy groups -OCH3 is 1. The Morgan fingerprint density at radius 2 is 1.75 bits per heavy atom. The van der Waals surface area contributed by atoms with E-state index in [2.05, 4.69) is 5.32 Å². The minimum atomic E-state index is -3.54. The van der Waals surface area contributed by atoms with E-state index in [0.29, 0.717) is 16.9 Å². The number of nitrogens with one attached hydrogen (secondary N) is 1. The molecule has 166 valence electrons. The highest BCUT2D eigenvalue weighted by atomic mass is 32.2. The molecule has 0 saturated carbocycles. The zero-order valence-corrected chi connectivity index (χ0v) is 18.1. The van der Waals surface area contributed by atoms with E-state index in [4.69, 9.17) is 9.47 Å². The Kier molecular flexibility index (Phi) is 6.74. The van der Waals surface area contributed by atoms with Crippen molar-refractivity contribution in [2.24, 2.45) is 0 Å². The van der Waals surface area contributed by atoms with Gasteiger partial charge < -0.3 is 14.8 Å². The van der Waals surface area contributed by atoms with Crippen molar-refractivity contribution >= 4 is 27.1 Å². The van der Waals surface area contributed by atoms with Crippen molar-refractivity contribution in [1.29, 1.82) is 0 Å². The molecular weight excluding hydrogens is 436 g/mol. The van der Waals surface area contributed by atoms with E-state index < -0.39 is 27.3 Å². The van der Waals surface area contributed by atoms with Gasteiger partial charge in [0.25, 0.3) is 11.6 Å². The molecular formula is C22H20N2O7S. The van der Waals surface area contributed by atoms with Crippen LogP contribution in [0.3, 0.4) is 0 Å². The predicted octanol–water partition coefficient (Wildman–Crippen LogP) is 3.69. The van der Waals surface area contributed by atoms with E-state index in [1.165, 1.54) is 37.4 Å². The Morgan fingerprint density at radius 3 is 2.38 bits per heavy atom. The van der Waals surface area contributed by atoms with E-state index in [0.717, 1.165) is 6.26 Å². The second-order valence-corrected chi connectivity index (χ2v) is 8.76. The van der Waals surface area contributed by atoms with Crippen LogP contribution in [0.5, 0.6) is 11.5 Å². The maximum absolute atomic E-state index is 12.4. The normalized spacial score (nSPS) is 10.9.